The quantitative estimate of drug-likeness (QED) is 0.602. The molecule has 1 amide bonds. The summed E-state index contributed by atoms with van der Waals surface area (Å²) in [6.45, 7) is 0.739. The maximum Gasteiger partial charge on any atom is 0.257 e. The van der Waals surface area contributed by atoms with Gasteiger partial charge in [0.15, 0.2) is 6.61 Å². The molecule has 0 heterocycles. The summed E-state index contributed by atoms with van der Waals surface area (Å²) < 4.78 is 5.69. The molecule has 4 rings (SSSR count). The minimum absolute atomic E-state index is 0.0596. The highest BCUT2D eigenvalue weighted by Crippen LogP contribution is 2.25. The Kier molecular flexibility index (Phi) is 5.91. The summed E-state index contributed by atoms with van der Waals surface area (Å²) in [5, 5.41) is 5.53. The first-order valence-corrected chi connectivity index (χ1v) is 10.3. The molecule has 0 spiro atoms. The van der Waals surface area contributed by atoms with Gasteiger partial charge in [0.2, 0.25) is 0 Å². The second-order valence-electron chi connectivity index (χ2n) is 7.52. The summed E-state index contributed by atoms with van der Waals surface area (Å²) in [6.07, 6.45) is 6.66. The van der Waals surface area contributed by atoms with Crippen LogP contribution in [0.1, 0.15) is 36.0 Å². The average Bonchev–Trinajstić information content (AvgIpc) is 2.75. The molecule has 1 aliphatic rings. The van der Waals surface area contributed by atoms with E-state index in [0.717, 1.165) is 31.4 Å². The van der Waals surface area contributed by atoms with Crippen molar-refractivity contribution >= 4 is 16.7 Å². The number of amides is 1. The van der Waals surface area contributed by atoms with Crippen molar-refractivity contribution in [2.45, 2.75) is 38.5 Å². The molecule has 0 aromatic heterocycles. The van der Waals surface area contributed by atoms with E-state index in [9.17, 15) is 4.79 Å². The smallest absolute Gasteiger partial charge is 0.257 e. The standard InChI is InChI=1S/C25H27NO2/c27-25(18-28-23-15-14-19-7-1-2-9-22(19)17-23)26-16-6-12-21-11-5-10-20-8-3-4-13-24(20)21/h3-5,8,10-11,13-15,17H,1-2,6-7,9,12,16,18H2,(H,26,27). The van der Waals surface area contributed by atoms with Crippen molar-refractivity contribution in [2.24, 2.45) is 0 Å². The highest BCUT2D eigenvalue weighted by molar-refractivity contribution is 5.85. The van der Waals surface area contributed by atoms with Crippen LogP contribution in [-0.4, -0.2) is 19.1 Å². The molecule has 0 saturated carbocycles. The van der Waals surface area contributed by atoms with Gasteiger partial charge >= 0.3 is 0 Å². The van der Waals surface area contributed by atoms with E-state index in [0.29, 0.717) is 6.54 Å². The van der Waals surface area contributed by atoms with Gasteiger partial charge in [0.25, 0.3) is 5.91 Å². The Morgan fingerprint density at radius 2 is 1.75 bits per heavy atom. The zero-order valence-electron chi connectivity index (χ0n) is 16.2. The number of benzene rings is 3. The Morgan fingerprint density at radius 3 is 2.68 bits per heavy atom. The van der Waals surface area contributed by atoms with Crippen LogP contribution >= 0.6 is 0 Å². The first-order valence-electron chi connectivity index (χ1n) is 10.3. The lowest BCUT2D eigenvalue weighted by atomic mass is 9.92. The van der Waals surface area contributed by atoms with E-state index < -0.39 is 0 Å². The molecule has 0 unspecified atom stereocenters. The zero-order valence-corrected chi connectivity index (χ0v) is 16.2. The molecule has 3 aromatic rings. The van der Waals surface area contributed by atoms with Gasteiger partial charge in [-0.2, -0.15) is 0 Å². The van der Waals surface area contributed by atoms with Gasteiger partial charge in [-0.3, -0.25) is 4.79 Å². The number of hydrogen-bond acceptors (Lipinski definition) is 2. The van der Waals surface area contributed by atoms with Crippen molar-refractivity contribution in [3.8, 4) is 5.75 Å². The lowest BCUT2D eigenvalue weighted by Gasteiger charge is -2.16. The Morgan fingerprint density at radius 1 is 0.929 bits per heavy atom. The van der Waals surface area contributed by atoms with Gasteiger partial charge in [-0.05, 0) is 78.1 Å². The van der Waals surface area contributed by atoms with Crippen LogP contribution in [0.2, 0.25) is 0 Å². The highest BCUT2D eigenvalue weighted by Gasteiger charge is 2.10. The third-order valence-corrected chi connectivity index (χ3v) is 5.51. The fourth-order valence-corrected chi connectivity index (χ4v) is 4.02. The second kappa shape index (κ2) is 8.92. The zero-order chi connectivity index (χ0) is 19.2. The van der Waals surface area contributed by atoms with E-state index in [1.54, 1.807) is 0 Å². The number of carbonyl (C=O) groups excluding carboxylic acids is 1. The monoisotopic (exact) mass is 373 g/mol. The summed E-state index contributed by atoms with van der Waals surface area (Å²) in [5.74, 6) is 0.738. The van der Waals surface area contributed by atoms with Crippen molar-refractivity contribution in [1.82, 2.24) is 5.32 Å². The molecule has 3 aromatic carbocycles. The minimum Gasteiger partial charge on any atom is -0.484 e. The fraction of sp³-hybridized carbons (Fsp3) is 0.320. The molecule has 144 valence electrons. The van der Waals surface area contributed by atoms with Crippen molar-refractivity contribution in [3.05, 3.63) is 77.4 Å². The van der Waals surface area contributed by atoms with Crippen LogP contribution in [0, 0.1) is 0 Å². The number of aryl methyl sites for hydroxylation is 3. The van der Waals surface area contributed by atoms with Crippen LogP contribution in [-0.2, 0) is 24.1 Å². The molecule has 28 heavy (non-hydrogen) atoms. The molecule has 3 nitrogen and oxygen atoms in total. The first-order chi connectivity index (χ1) is 13.8. The van der Waals surface area contributed by atoms with Crippen LogP contribution in [0.15, 0.2) is 60.7 Å². The third kappa shape index (κ3) is 4.53. The molecule has 3 heteroatoms. The van der Waals surface area contributed by atoms with Crippen LogP contribution in [0.3, 0.4) is 0 Å². The summed E-state index contributed by atoms with van der Waals surface area (Å²) in [7, 11) is 0. The summed E-state index contributed by atoms with van der Waals surface area (Å²) in [5.41, 5.74) is 4.13. The fourth-order valence-electron chi connectivity index (χ4n) is 4.02. The van der Waals surface area contributed by atoms with Crippen LogP contribution < -0.4 is 10.1 Å². The Balaban J connectivity index is 1.22. The number of hydrogen-bond donors (Lipinski definition) is 1. The molecular formula is C25H27NO2. The van der Waals surface area contributed by atoms with Gasteiger partial charge in [0, 0.05) is 6.54 Å². The normalized spacial score (nSPS) is 13.1. The van der Waals surface area contributed by atoms with Crippen molar-refractivity contribution in [3.63, 3.8) is 0 Å². The number of carbonyl (C=O) groups is 1. The Hall–Kier alpha value is -2.81. The predicted molar refractivity (Wildman–Crippen MR) is 114 cm³/mol. The second-order valence-corrected chi connectivity index (χ2v) is 7.52. The van der Waals surface area contributed by atoms with E-state index in [1.165, 1.54) is 40.3 Å². The van der Waals surface area contributed by atoms with Crippen LogP contribution in [0.4, 0.5) is 0 Å². The summed E-state index contributed by atoms with van der Waals surface area (Å²) in [4.78, 5) is 12.1. The predicted octanol–water partition coefficient (Wildman–Crippen LogP) is 4.85. The van der Waals surface area contributed by atoms with E-state index in [-0.39, 0.29) is 12.5 Å². The van der Waals surface area contributed by atoms with Crippen molar-refractivity contribution < 1.29 is 9.53 Å². The lowest BCUT2D eigenvalue weighted by molar-refractivity contribution is -0.123. The number of rotatable bonds is 7. The van der Waals surface area contributed by atoms with Crippen molar-refractivity contribution in [2.75, 3.05) is 13.2 Å². The number of fused-ring (bicyclic) bond motifs is 2. The molecule has 0 bridgehead atoms. The lowest BCUT2D eigenvalue weighted by Crippen LogP contribution is -2.30. The van der Waals surface area contributed by atoms with E-state index >= 15 is 0 Å². The number of ether oxygens (including phenoxy) is 1. The van der Waals surface area contributed by atoms with Gasteiger partial charge in [0.1, 0.15) is 5.75 Å². The molecule has 1 aliphatic carbocycles. The molecule has 0 atom stereocenters. The summed E-state index contributed by atoms with van der Waals surface area (Å²) >= 11 is 0. The van der Waals surface area contributed by atoms with E-state index in [4.69, 9.17) is 4.74 Å². The van der Waals surface area contributed by atoms with Gasteiger partial charge in [-0.25, -0.2) is 0 Å². The summed E-state index contributed by atoms with van der Waals surface area (Å²) in [6, 6.07) is 21.1. The van der Waals surface area contributed by atoms with E-state index in [1.807, 2.05) is 6.07 Å². The molecule has 0 fully saturated rings. The van der Waals surface area contributed by atoms with Crippen molar-refractivity contribution in [1.29, 1.82) is 0 Å². The van der Waals surface area contributed by atoms with Crippen LogP contribution in [0.5, 0.6) is 5.75 Å². The van der Waals surface area contributed by atoms with Gasteiger partial charge in [-0.1, -0.05) is 48.5 Å². The molecule has 0 saturated heterocycles. The SMILES string of the molecule is O=C(COc1ccc2c(c1)CCCC2)NCCCc1cccc2ccccc12. The van der Waals surface area contributed by atoms with Gasteiger partial charge < -0.3 is 10.1 Å². The maximum atomic E-state index is 12.1. The maximum absolute atomic E-state index is 12.1. The van der Waals surface area contributed by atoms with Gasteiger partial charge in [-0.15, -0.1) is 0 Å². The molecule has 0 aliphatic heterocycles. The van der Waals surface area contributed by atoms with Crippen LogP contribution in [0.25, 0.3) is 10.8 Å². The Labute approximate surface area is 166 Å². The largest absolute Gasteiger partial charge is 0.484 e. The average molecular weight is 373 g/mol. The first kappa shape index (κ1) is 18.5. The molecule has 0 radical (unpaired) electrons. The topological polar surface area (TPSA) is 38.3 Å². The highest BCUT2D eigenvalue weighted by atomic mass is 16.5. The molecule has 1 N–H and O–H groups in total. The molecular weight excluding hydrogens is 346 g/mol. The number of nitrogens with one attached hydrogen (secondary N) is 1. The Bertz CT molecular complexity index is 958. The van der Waals surface area contributed by atoms with E-state index in [2.05, 4.69) is 59.9 Å². The third-order valence-electron chi connectivity index (χ3n) is 5.51. The minimum atomic E-state index is -0.0596. The van der Waals surface area contributed by atoms with Gasteiger partial charge in [0.05, 0.1) is 0 Å².